The molecule has 0 aliphatic rings. The molecule has 0 radical (unpaired) electrons. The van der Waals surface area contributed by atoms with Crippen LogP contribution in [0.3, 0.4) is 0 Å². The van der Waals surface area contributed by atoms with Crippen molar-refractivity contribution >= 4 is 23.4 Å². The average molecular weight is 335 g/mol. The Morgan fingerprint density at radius 3 is 2.48 bits per heavy atom. The minimum absolute atomic E-state index is 0.102. The molecular formula is C16H17ClN3O3+. The van der Waals surface area contributed by atoms with Gasteiger partial charge >= 0.3 is 5.97 Å². The summed E-state index contributed by atoms with van der Waals surface area (Å²) >= 11 is 6.07. The van der Waals surface area contributed by atoms with E-state index >= 15 is 0 Å². The highest BCUT2D eigenvalue weighted by Crippen LogP contribution is 2.25. The van der Waals surface area contributed by atoms with Crippen molar-refractivity contribution in [1.29, 1.82) is 0 Å². The summed E-state index contributed by atoms with van der Waals surface area (Å²) in [6, 6.07) is 6.92. The number of aryl methyl sites for hydroxylation is 2. The van der Waals surface area contributed by atoms with Crippen molar-refractivity contribution in [2.75, 3.05) is 6.61 Å². The van der Waals surface area contributed by atoms with Crippen LogP contribution in [0.1, 0.15) is 16.7 Å². The zero-order valence-corrected chi connectivity index (χ0v) is 13.6. The number of oxime groups is 1. The zero-order valence-electron chi connectivity index (χ0n) is 12.8. The van der Waals surface area contributed by atoms with Crippen LogP contribution < -0.4 is 15.5 Å². The van der Waals surface area contributed by atoms with Gasteiger partial charge in [0.2, 0.25) is 0 Å². The fourth-order valence-corrected chi connectivity index (χ4v) is 1.98. The molecule has 0 saturated heterocycles. The molecule has 6 nitrogen and oxygen atoms in total. The lowest BCUT2D eigenvalue weighted by Gasteiger charge is -2.08. The van der Waals surface area contributed by atoms with Gasteiger partial charge in [0.1, 0.15) is 5.75 Å². The minimum atomic E-state index is -0.652. The highest BCUT2D eigenvalue weighted by Gasteiger charge is 2.08. The van der Waals surface area contributed by atoms with Crippen LogP contribution in [0.4, 0.5) is 0 Å². The average Bonchev–Trinajstić information content (AvgIpc) is 2.56. The Kier molecular flexibility index (Phi) is 5.54. The predicted molar refractivity (Wildman–Crippen MR) is 86.2 cm³/mol. The molecule has 1 aromatic carbocycles. The number of nitrogens with two attached hydrogens (primary N) is 1. The molecule has 0 fully saturated rings. The van der Waals surface area contributed by atoms with Gasteiger partial charge in [0.15, 0.2) is 24.8 Å². The third-order valence-corrected chi connectivity index (χ3v) is 3.62. The predicted octanol–water partition coefficient (Wildman–Crippen LogP) is 2.01. The van der Waals surface area contributed by atoms with Crippen LogP contribution in [0, 0.1) is 13.8 Å². The molecule has 0 atom stereocenters. The van der Waals surface area contributed by atoms with Crippen LogP contribution in [0.25, 0.3) is 0 Å². The summed E-state index contributed by atoms with van der Waals surface area (Å²) in [4.78, 5) is 19.2. The second-order valence-corrected chi connectivity index (χ2v) is 5.27. The number of hydrogen-bond acceptors (Lipinski definition) is 4. The number of ether oxygens (including phenoxy) is 1. The first-order valence-corrected chi connectivity index (χ1v) is 7.24. The van der Waals surface area contributed by atoms with Gasteiger partial charge in [-0.25, -0.2) is 9.78 Å². The lowest BCUT2D eigenvalue weighted by atomic mass is 10.1. The molecule has 23 heavy (non-hydrogen) atoms. The molecule has 1 heterocycles. The molecule has 0 amide bonds. The van der Waals surface area contributed by atoms with E-state index in [9.17, 15) is 4.79 Å². The number of halogens is 1. The van der Waals surface area contributed by atoms with Crippen molar-refractivity contribution in [3.05, 3.63) is 58.4 Å². The summed E-state index contributed by atoms with van der Waals surface area (Å²) in [5.74, 6) is -0.0110. The molecule has 1 aromatic heterocycles. The van der Waals surface area contributed by atoms with Gasteiger partial charge in [-0.15, -0.1) is 0 Å². The summed E-state index contributed by atoms with van der Waals surface area (Å²) in [6.07, 6.45) is 3.38. The fourth-order valence-electron chi connectivity index (χ4n) is 1.87. The molecule has 2 aromatic rings. The Morgan fingerprint density at radius 1 is 1.26 bits per heavy atom. The van der Waals surface area contributed by atoms with Gasteiger partial charge in [-0.2, -0.15) is 0 Å². The molecule has 0 spiro atoms. The van der Waals surface area contributed by atoms with Crippen LogP contribution in [-0.2, 0) is 9.63 Å². The normalized spacial score (nSPS) is 11.2. The molecule has 0 bridgehead atoms. The summed E-state index contributed by atoms with van der Waals surface area (Å²) < 4.78 is 5.37. The Morgan fingerprint density at radius 2 is 1.87 bits per heavy atom. The number of aromatic nitrogens is 1. The van der Waals surface area contributed by atoms with Crippen molar-refractivity contribution in [3.8, 4) is 5.75 Å². The number of carbonyl (C=O) groups excluding carboxylic acids is 1. The Labute approximate surface area is 138 Å². The number of hydrogen-bond donors (Lipinski definition) is 1. The first-order chi connectivity index (χ1) is 11.0. The Hall–Kier alpha value is -2.60. The van der Waals surface area contributed by atoms with Crippen LogP contribution in [0.2, 0.25) is 5.02 Å². The number of nitrogens with zero attached hydrogens (tertiary/aromatic N) is 1. The topological polar surface area (TPSA) is 88.0 Å². The lowest BCUT2D eigenvalue weighted by Crippen LogP contribution is -2.18. The molecule has 120 valence electrons. The van der Waals surface area contributed by atoms with E-state index in [1.54, 1.807) is 36.7 Å². The summed E-state index contributed by atoms with van der Waals surface area (Å²) in [5.41, 5.74) is 8.10. The number of carbonyl (C=O) groups is 1. The number of nitrogens with one attached hydrogen (secondary N) is 1. The van der Waals surface area contributed by atoms with Crippen molar-refractivity contribution in [1.82, 2.24) is 0 Å². The number of amidine groups is 1. The van der Waals surface area contributed by atoms with Crippen molar-refractivity contribution < 1.29 is 19.4 Å². The SMILES string of the molecule is Cc1cc(OCC(=O)ON=C(N)c2cc[nH+]cc2)cc(C)c1Cl. The lowest BCUT2D eigenvalue weighted by molar-refractivity contribution is -0.378. The van der Waals surface area contributed by atoms with E-state index in [1.165, 1.54) is 0 Å². The monoisotopic (exact) mass is 334 g/mol. The second kappa shape index (κ2) is 7.60. The molecule has 2 rings (SSSR count). The smallest absolute Gasteiger partial charge is 0.372 e. The molecule has 7 heteroatoms. The van der Waals surface area contributed by atoms with Gasteiger partial charge in [0.25, 0.3) is 0 Å². The fraction of sp³-hybridized carbons (Fsp3) is 0.188. The molecular weight excluding hydrogens is 318 g/mol. The molecule has 0 aliphatic carbocycles. The molecule has 0 unspecified atom stereocenters. The number of aromatic amines is 1. The number of pyridine rings is 1. The largest absolute Gasteiger partial charge is 0.482 e. The van der Waals surface area contributed by atoms with Gasteiger partial charge in [0, 0.05) is 22.7 Å². The third-order valence-electron chi connectivity index (χ3n) is 3.03. The van der Waals surface area contributed by atoms with Crippen molar-refractivity contribution in [3.63, 3.8) is 0 Å². The maximum absolute atomic E-state index is 11.6. The van der Waals surface area contributed by atoms with Crippen LogP contribution >= 0.6 is 11.6 Å². The van der Waals surface area contributed by atoms with Crippen LogP contribution in [-0.4, -0.2) is 18.4 Å². The van der Waals surface area contributed by atoms with Gasteiger partial charge in [-0.3, -0.25) is 0 Å². The highest BCUT2D eigenvalue weighted by molar-refractivity contribution is 6.32. The van der Waals surface area contributed by atoms with E-state index in [4.69, 9.17) is 26.9 Å². The third kappa shape index (κ3) is 4.69. The summed E-state index contributed by atoms with van der Waals surface area (Å²) in [6.45, 7) is 3.45. The summed E-state index contributed by atoms with van der Waals surface area (Å²) in [7, 11) is 0. The first-order valence-electron chi connectivity index (χ1n) is 6.86. The van der Waals surface area contributed by atoms with E-state index < -0.39 is 5.97 Å². The molecule has 0 aliphatic heterocycles. The number of benzene rings is 1. The van der Waals surface area contributed by atoms with Crippen molar-refractivity contribution in [2.24, 2.45) is 10.9 Å². The quantitative estimate of drug-likeness (QED) is 0.392. The molecule has 3 N–H and O–H groups in total. The maximum Gasteiger partial charge on any atom is 0.372 e. The Bertz CT molecular complexity index is 710. The highest BCUT2D eigenvalue weighted by atomic mass is 35.5. The van der Waals surface area contributed by atoms with Crippen molar-refractivity contribution in [2.45, 2.75) is 13.8 Å². The molecule has 0 saturated carbocycles. The second-order valence-electron chi connectivity index (χ2n) is 4.89. The van der Waals surface area contributed by atoms with E-state index in [2.05, 4.69) is 10.1 Å². The zero-order chi connectivity index (χ0) is 16.8. The van der Waals surface area contributed by atoms with Crippen LogP contribution in [0.15, 0.2) is 41.8 Å². The number of H-pyrrole nitrogens is 1. The van der Waals surface area contributed by atoms with Gasteiger partial charge in [0.05, 0.1) is 0 Å². The summed E-state index contributed by atoms with van der Waals surface area (Å²) in [5, 5.41) is 4.26. The van der Waals surface area contributed by atoms with Gasteiger partial charge in [-0.05, 0) is 37.1 Å². The maximum atomic E-state index is 11.6. The Balaban J connectivity index is 1.91. The van der Waals surface area contributed by atoms with E-state index in [-0.39, 0.29) is 12.4 Å². The van der Waals surface area contributed by atoms with E-state index in [0.717, 1.165) is 11.1 Å². The van der Waals surface area contributed by atoms with Crippen LogP contribution in [0.5, 0.6) is 5.75 Å². The van der Waals surface area contributed by atoms with Gasteiger partial charge in [-0.1, -0.05) is 16.8 Å². The first kappa shape index (κ1) is 16.8. The standard InChI is InChI=1S/C16H16ClN3O3/c1-10-7-13(8-11(2)15(10)17)22-9-14(21)23-20-16(18)12-3-5-19-6-4-12/h3-8H,9H2,1-2H3,(H2,18,20)/p+1. The van der Waals surface area contributed by atoms with Gasteiger partial charge < -0.3 is 15.3 Å². The minimum Gasteiger partial charge on any atom is -0.482 e. The number of rotatable bonds is 5. The van der Waals surface area contributed by atoms with E-state index in [1.807, 2.05) is 13.8 Å². The van der Waals surface area contributed by atoms with E-state index in [0.29, 0.717) is 16.3 Å².